The lowest BCUT2D eigenvalue weighted by Gasteiger charge is -2.49. The van der Waals surface area contributed by atoms with Crippen molar-refractivity contribution in [3.05, 3.63) is 154 Å². The topological polar surface area (TPSA) is 154 Å². The first-order valence-corrected chi connectivity index (χ1v) is 21.9. The SMILES string of the molecule is C[n+]1cc2scc(C=CC3=C(C(=O)O)N4C(=O)[C@@H](NC(=O)/C(=N\OC5CCCC5)c5nsc(NC(c6ccccc6)(c6ccccc6)c6ccccc6)n5)[C@H]4SC3)n2c1.[I-]. The summed E-state index contributed by atoms with van der Waals surface area (Å²) in [6.07, 6.45) is 11.0. The molecule has 2 amide bonds. The van der Waals surface area contributed by atoms with Gasteiger partial charge >= 0.3 is 5.97 Å². The minimum atomic E-state index is -1.22. The van der Waals surface area contributed by atoms with Crippen molar-refractivity contribution in [1.82, 2.24) is 24.0 Å². The zero-order valence-corrected chi connectivity index (χ0v) is 36.8. The van der Waals surface area contributed by atoms with Gasteiger partial charge in [0, 0.05) is 22.7 Å². The number of carboxylic acids is 1. The number of imidazole rings is 1. The number of nitrogens with one attached hydrogen (secondary N) is 2. The maximum atomic E-state index is 14.2. The summed E-state index contributed by atoms with van der Waals surface area (Å²) in [6, 6.07) is 29.2. The second-order valence-corrected chi connectivity index (χ2v) is 17.2. The molecule has 6 aromatic rings. The number of aryl methyl sites for hydroxylation is 1. The summed E-state index contributed by atoms with van der Waals surface area (Å²) < 4.78 is 8.57. The standard InChI is InChI=1S/C43H38N8O5S3.HI/c1-49-23-33-50(26-49)31(25-57-33)22-21-27-24-58-40-35(39(53)51(40)36(27)41(54)55)44-38(52)34(47-56-32-19-11-12-20-32)37-45-42(59-48-37)46-43(28-13-5-2-6-14-28,29-15-7-3-8-16-29)30-17-9-4-10-18-30;/h2-10,13-18,21-23,25-26,32,35,40H,11-12,19-20,24H2,1H3,(H2-,44,45,46,48,52,54,55);1H/b22-21?,47-34-;/t35-,40-;/m1./s1. The number of oxime groups is 1. The Hall–Kier alpha value is -5.37. The zero-order chi connectivity index (χ0) is 40.5. The Morgan fingerprint density at radius 2 is 1.60 bits per heavy atom. The number of nitrogens with zero attached hydrogens (tertiary/aromatic N) is 6. The van der Waals surface area contributed by atoms with Gasteiger partial charge in [0.05, 0.1) is 7.05 Å². The molecule has 0 bridgehead atoms. The number of aromatic nitrogens is 4. The Morgan fingerprint density at radius 1 is 0.967 bits per heavy atom. The van der Waals surface area contributed by atoms with Crippen molar-refractivity contribution < 1.29 is 52.9 Å². The highest BCUT2D eigenvalue weighted by molar-refractivity contribution is 8.00. The van der Waals surface area contributed by atoms with E-state index >= 15 is 0 Å². The number of β-lactam (4-membered cyclic amide) rings is 1. The van der Waals surface area contributed by atoms with E-state index in [1.807, 2.05) is 94.6 Å². The Morgan fingerprint density at radius 3 is 2.22 bits per heavy atom. The number of carboxylic acid groups (broad SMARTS) is 1. The van der Waals surface area contributed by atoms with Gasteiger partial charge in [0.25, 0.3) is 11.8 Å². The molecule has 17 heteroatoms. The first kappa shape index (κ1) is 41.4. The van der Waals surface area contributed by atoms with E-state index in [1.54, 1.807) is 17.4 Å². The monoisotopic (exact) mass is 970 g/mol. The molecule has 0 spiro atoms. The Labute approximate surface area is 375 Å². The molecule has 2 fully saturated rings. The van der Waals surface area contributed by atoms with Crippen LogP contribution in [0.1, 0.15) is 53.9 Å². The third kappa shape index (κ3) is 7.86. The third-order valence-corrected chi connectivity index (χ3v) is 13.6. The number of hydrogen-bond acceptors (Lipinski definition) is 11. The van der Waals surface area contributed by atoms with Gasteiger partial charge in [-0.3, -0.25) is 14.5 Å². The van der Waals surface area contributed by atoms with Crippen molar-refractivity contribution in [3.8, 4) is 0 Å². The highest BCUT2D eigenvalue weighted by atomic mass is 127. The number of allylic oxidation sites excluding steroid dienone is 1. The zero-order valence-electron chi connectivity index (χ0n) is 32.2. The van der Waals surface area contributed by atoms with Crippen molar-refractivity contribution >= 4 is 74.2 Å². The van der Waals surface area contributed by atoms with Crippen LogP contribution in [0.25, 0.3) is 10.9 Å². The van der Waals surface area contributed by atoms with E-state index in [-0.39, 0.29) is 47.3 Å². The summed E-state index contributed by atoms with van der Waals surface area (Å²) in [5, 5.41) is 23.0. The number of anilines is 1. The molecular formula is C43H39IN8O5S3. The highest BCUT2D eigenvalue weighted by Gasteiger charge is 2.54. The molecule has 3 aromatic heterocycles. The second kappa shape index (κ2) is 17.7. The molecule has 1 saturated heterocycles. The first-order valence-electron chi connectivity index (χ1n) is 19.2. The largest absolute Gasteiger partial charge is 1.00 e. The molecule has 3 aliphatic rings. The summed E-state index contributed by atoms with van der Waals surface area (Å²) in [5.74, 6) is -2.08. The molecule has 3 aromatic carbocycles. The number of rotatable bonds is 13. The normalized spacial score (nSPS) is 18.3. The molecule has 1 aliphatic carbocycles. The molecule has 2 atom stereocenters. The molecule has 0 radical (unpaired) electrons. The lowest BCUT2D eigenvalue weighted by atomic mass is 9.77. The van der Waals surface area contributed by atoms with Crippen LogP contribution >= 0.6 is 34.6 Å². The van der Waals surface area contributed by atoms with Crippen LogP contribution in [0.15, 0.2) is 131 Å². The van der Waals surface area contributed by atoms with E-state index in [9.17, 15) is 19.5 Å². The Kier molecular flexibility index (Phi) is 12.2. The van der Waals surface area contributed by atoms with E-state index in [0.717, 1.165) is 64.4 Å². The maximum Gasteiger partial charge on any atom is 0.352 e. The molecule has 3 N–H and O–H groups in total. The van der Waals surface area contributed by atoms with Crippen molar-refractivity contribution in [2.45, 2.75) is 48.7 Å². The highest BCUT2D eigenvalue weighted by Crippen LogP contribution is 2.42. The van der Waals surface area contributed by atoms with Crippen LogP contribution in [0.3, 0.4) is 0 Å². The number of thiazole rings is 1. The number of carbonyl (C=O) groups excluding carboxylic acids is 2. The summed E-state index contributed by atoms with van der Waals surface area (Å²) in [7, 11) is 1.94. The molecule has 0 unspecified atom stereocenters. The van der Waals surface area contributed by atoms with Gasteiger partial charge in [0.2, 0.25) is 27.8 Å². The van der Waals surface area contributed by atoms with E-state index in [4.69, 9.17) is 9.82 Å². The van der Waals surface area contributed by atoms with Crippen molar-refractivity contribution in [2.24, 2.45) is 12.2 Å². The predicted molar refractivity (Wildman–Crippen MR) is 228 cm³/mol. The number of thioether (sulfide) groups is 1. The van der Waals surface area contributed by atoms with Crippen molar-refractivity contribution in [3.63, 3.8) is 0 Å². The molecule has 5 heterocycles. The lowest BCUT2D eigenvalue weighted by Crippen LogP contribution is -3.00. The molecule has 60 heavy (non-hydrogen) atoms. The number of carbonyl (C=O) groups is 3. The van der Waals surface area contributed by atoms with Gasteiger partial charge in [-0.05, 0) is 54.0 Å². The van der Waals surface area contributed by atoms with E-state index in [2.05, 4.69) is 56.6 Å². The first-order chi connectivity index (χ1) is 28.8. The molecule has 306 valence electrons. The Balaban J connectivity index is 0.00000499. The van der Waals surface area contributed by atoms with Crippen molar-refractivity contribution in [2.75, 3.05) is 11.1 Å². The summed E-state index contributed by atoms with van der Waals surface area (Å²) in [6.45, 7) is 0. The van der Waals surface area contributed by atoms with Crippen LogP contribution < -0.4 is 39.2 Å². The molecule has 2 aliphatic heterocycles. The second-order valence-electron chi connectivity index (χ2n) is 14.5. The van der Waals surface area contributed by atoms with Crippen LogP contribution in [0.2, 0.25) is 0 Å². The molecule has 9 rings (SSSR count). The number of fused-ring (bicyclic) bond motifs is 2. The predicted octanol–water partition coefficient (Wildman–Crippen LogP) is 3.20. The fraction of sp³-hybridized carbons (Fsp3) is 0.233. The van der Waals surface area contributed by atoms with Gasteiger partial charge < -0.3 is 44.6 Å². The van der Waals surface area contributed by atoms with Crippen LogP contribution in [0, 0.1) is 0 Å². The van der Waals surface area contributed by atoms with Gasteiger partial charge in [-0.2, -0.15) is 13.8 Å². The van der Waals surface area contributed by atoms with Crippen LogP contribution in [-0.4, -0.2) is 70.5 Å². The number of amides is 2. The van der Waals surface area contributed by atoms with Crippen LogP contribution in [0.5, 0.6) is 0 Å². The molecular weight excluding hydrogens is 932 g/mol. The summed E-state index contributed by atoms with van der Waals surface area (Å²) in [4.78, 5) is 53.6. The number of aliphatic carboxylic acids is 1. The minimum Gasteiger partial charge on any atom is -1.00 e. The average molecular weight is 971 g/mol. The lowest BCUT2D eigenvalue weighted by molar-refractivity contribution is -0.669. The average Bonchev–Trinajstić information content (AvgIpc) is 4.09. The molecule has 13 nitrogen and oxygen atoms in total. The third-order valence-electron chi connectivity index (χ3n) is 10.7. The van der Waals surface area contributed by atoms with E-state index in [1.165, 1.54) is 16.7 Å². The smallest absolute Gasteiger partial charge is 0.352 e. The van der Waals surface area contributed by atoms with Gasteiger partial charge in [0.1, 0.15) is 40.6 Å². The summed E-state index contributed by atoms with van der Waals surface area (Å²) in [5.41, 5.74) is 3.14. The fourth-order valence-electron chi connectivity index (χ4n) is 7.87. The van der Waals surface area contributed by atoms with E-state index < -0.39 is 34.7 Å². The van der Waals surface area contributed by atoms with E-state index in [0.29, 0.717) is 16.5 Å². The van der Waals surface area contributed by atoms with Gasteiger partial charge in [0.15, 0.2) is 0 Å². The maximum absolute atomic E-state index is 14.2. The minimum absolute atomic E-state index is 0. The van der Waals surface area contributed by atoms with Gasteiger partial charge in [-0.15, -0.1) is 11.8 Å². The number of halogens is 1. The van der Waals surface area contributed by atoms with Crippen LogP contribution in [-0.2, 0) is 31.8 Å². The van der Waals surface area contributed by atoms with Gasteiger partial charge in [-0.1, -0.05) is 114 Å². The van der Waals surface area contributed by atoms with Crippen LogP contribution in [0.4, 0.5) is 5.13 Å². The quantitative estimate of drug-likeness (QED) is 0.0396. The fourth-order valence-corrected chi connectivity index (χ4v) is 10.7. The number of benzene rings is 3. The Bertz CT molecular complexity index is 2530. The summed E-state index contributed by atoms with van der Waals surface area (Å²) >= 11 is 4.05. The van der Waals surface area contributed by atoms with Gasteiger partial charge in [-0.25, -0.2) is 9.36 Å². The number of hydrogen-bond donors (Lipinski definition) is 3. The van der Waals surface area contributed by atoms with Crippen molar-refractivity contribution in [1.29, 1.82) is 0 Å². The molecule has 1 saturated carbocycles.